The predicted octanol–water partition coefficient (Wildman–Crippen LogP) is 3.16. The van der Waals surface area contributed by atoms with E-state index in [-0.39, 0.29) is 5.75 Å². The van der Waals surface area contributed by atoms with Gasteiger partial charge in [0.15, 0.2) is 16.7 Å². The van der Waals surface area contributed by atoms with Gasteiger partial charge in [0.05, 0.1) is 20.4 Å². The van der Waals surface area contributed by atoms with Crippen molar-refractivity contribution in [1.82, 2.24) is 5.43 Å². The van der Waals surface area contributed by atoms with Gasteiger partial charge in [-0.2, -0.15) is 5.10 Å². The number of anilines is 1. The molecule has 2 N–H and O–H groups in total. The van der Waals surface area contributed by atoms with Crippen LogP contribution in [0.1, 0.15) is 5.56 Å². The van der Waals surface area contributed by atoms with Crippen LogP contribution >= 0.6 is 12.2 Å². The minimum absolute atomic E-state index is 0.185. The number of hydrogen-bond donors (Lipinski definition) is 2. The quantitative estimate of drug-likeness (QED) is 0.500. The molecule has 0 saturated carbocycles. The van der Waals surface area contributed by atoms with Crippen LogP contribution in [0.25, 0.3) is 0 Å². The first-order valence-electron chi connectivity index (χ1n) is 6.70. The lowest BCUT2D eigenvalue weighted by Crippen LogP contribution is -2.23. The molecule has 23 heavy (non-hydrogen) atoms. The fourth-order valence-corrected chi connectivity index (χ4v) is 1.96. The van der Waals surface area contributed by atoms with Gasteiger partial charge in [-0.25, -0.2) is 4.39 Å². The van der Waals surface area contributed by atoms with Gasteiger partial charge in [-0.3, -0.25) is 5.43 Å². The third-order valence-corrected chi connectivity index (χ3v) is 3.08. The molecule has 0 amide bonds. The van der Waals surface area contributed by atoms with E-state index in [1.807, 2.05) is 18.2 Å². The monoisotopic (exact) mass is 333 g/mol. The molecule has 2 aromatic rings. The lowest BCUT2D eigenvalue weighted by atomic mass is 10.2. The standard InChI is InChI=1S/C16H16FN3O2S/c1-21-13-5-3-4-12(9-13)19-16(23)20-18-10-11-6-7-15(22-2)14(17)8-11/h3-10H,1-2H3,(H2,19,20,23)/b18-10-. The van der Waals surface area contributed by atoms with Gasteiger partial charge in [-0.1, -0.05) is 6.07 Å². The van der Waals surface area contributed by atoms with Crippen molar-refractivity contribution in [2.45, 2.75) is 0 Å². The molecule has 0 fully saturated rings. The highest BCUT2D eigenvalue weighted by Crippen LogP contribution is 2.17. The molecule has 0 bridgehead atoms. The summed E-state index contributed by atoms with van der Waals surface area (Å²) in [7, 11) is 3.00. The first-order valence-corrected chi connectivity index (χ1v) is 7.11. The Morgan fingerprint density at radius 2 is 2.00 bits per heavy atom. The van der Waals surface area contributed by atoms with E-state index in [0.29, 0.717) is 10.7 Å². The minimum atomic E-state index is -0.450. The maximum absolute atomic E-state index is 13.5. The van der Waals surface area contributed by atoms with E-state index in [1.165, 1.54) is 25.5 Å². The summed E-state index contributed by atoms with van der Waals surface area (Å²) in [4.78, 5) is 0. The summed E-state index contributed by atoms with van der Waals surface area (Å²) >= 11 is 5.13. The molecule has 0 aliphatic carbocycles. The number of rotatable bonds is 5. The van der Waals surface area contributed by atoms with Gasteiger partial charge in [0.25, 0.3) is 0 Å². The van der Waals surface area contributed by atoms with Crippen LogP contribution in [0, 0.1) is 5.82 Å². The molecule has 0 aliphatic heterocycles. The van der Waals surface area contributed by atoms with Crippen LogP contribution in [0.5, 0.6) is 11.5 Å². The predicted molar refractivity (Wildman–Crippen MR) is 92.9 cm³/mol. The van der Waals surface area contributed by atoms with E-state index in [2.05, 4.69) is 15.8 Å². The lowest BCUT2D eigenvalue weighted by Gasteiger charge is -2.08. The molecule has 0 heterocycles. The first kappa shape index (κ1) is 16.7. The molecule has 0 aromatic heterocycles. The number of hydrazone groups is 1. The van der Waals surface area contributed by atoms with Crippen molar-refractivity contribution >= 4 is 29.2 Å². The van der Waals surface area contributed by atoms with Crippen molar-refractivity contribution in [3.05, 3.63) is 53.8 Å². The van der Waals surface area contributed by atoms with E-state index in [4.69, 9.17) is 21.7 Å². The fourth-order valence-electron chi connectivity index (χ4n) is 1.79. The Balaban J connectivity index is 1.92. The van der Waals surface area contributed by atoms with Crippen molar-refractivity contribution in [1.29, 1.82) is 0 Å². The lowest BCUT2D eigenvalue weighted by molar-refractivity contribution is 0.386. The number of nitrogens with one attached hydrogen (secondary N) is 2. The summed E-state index contributed by atoms with van der Waals surface area (Å²) in [5, 5.41) is 7.23. The second kappa shape index (κ2) is 8.09. The highest BCUT2D eigenvalue weighted by Gasteiger charge is 2.02. The molecule has 0 unspecified atom stereocenters. The molecule has 120 valence electrons. The zero-order valence-corrected chi connectivity index (χ0v) is 13.5. The summed E-state index contributed by atoms with van der Waals surface area (Å²) in [5.41, 5.74) is 4.01. The Labute approximate surface area is 139 Å². The number of ether oxygens (including phenoxy) is 2. The molecule has 0 atom stereocenters. The van der Waals surface area contributed by atoms with Gasteiger partial charge in [-0.05, 0) is 48.1 Å². The molecule has 2 aromatic carbocycles. The van der Waals surface area contributed by atoms with Crippen LogP contribution in [0.4, 0.5) is 10.1 Å². The molecule has 0 saturated heterocycles. The number of nitrogens with zero attached hydrogens (tertiary/aromatic N) is 1. The molecule has 7 heteroatoms. The molecular weight excluding hydrogens is 317 g/mol. The van der Waals surface area contributed by atoms with E-state index < -0.39 is 5.82 Å². The van der Waals surface area contributed by atoms with Gasteiger partial charge in [0.1, 0.15) is 5.75 Å². The van der Waals surface area contributed by atoms with Crippen molar-refractivity contribution in [2.75, 3.05) is 19.5 Å². The maximum atomic E-state index is 13.5. The second-order valence-electron chi connectivity index (χ2n) is 4.45. The van der Waals surface area contributed by atoms with Crippen molar-refractivity contribution < 1.29 is 13.9 Å². The fraction of sp³-hybridized carbons (Fsp3) is 0.125. The zero-order chi connectivity index (χ0) is 16.7. The van der Waals surface area contributed by atoms with Crippen molar-refractivity contribution in [3.63, 3.8) is 0 Å². The number of thiocarbonyl (C=S) groups is 1. The first-order chi connectivity index (χ1) is 11.1. The van der Waals surface area contributed by atoms with Crippen LogP contribution in [0.2, 0.25) is 0 Å². The normalized spacial score (nSPS) is 10.4. The van der Waals surface area contributed by atoms with Crippen LogP contribution in [-0.4, -0.2) is 25.5 Å². The van der Waals surface area contributed by atoms with Gasteiger partial charge in [-0.15, -0.1) is 0 Å². The Hall–Kier alpha value is -2.67. The Bertz CT molecular complexity index is 722. The van der Waals surface area contributed by atoms with Crippen molar-refractivity contribution in [3.8, 4) is 11.5 Å². The summed E-state index contributed by atoms with van der Waals surface area (Å²) in [5.74, 6) is 0.453. The van der Waals surface area contributed by atoms with E-state index >= 15 is 0 Å². The molecular formula is C16H16FN3O2S. The van der Waals surface area contributed by atoms with Crippen molar-refractivity contribution in [2.24, 2.45) is 5.10 Å². The average Bonchev–Trinajstić information content (AvgIpc) is 2.55. The van der Waals surface area contributed by atoms with Crippen LogP contribution in [-0.2, 0) is 0 Å². The van der Waals surface area contributed by atoms with Crippen LogP contribution in [0.15, 0.2) is 47.6 Å². The number of benzene rings is 2. The van der Waals surface area contributed by atoms with Gasteiger partial charge in [0, 0.05) is 11.8 Å². The molecule has 0 spiro atoms. The summed E-state index contributed by atoms with van der Waals surface area (Å²) in [6.07, 6.45) is 1.46. The third kappa shape index (κ3) is 4.93. The average molecular weight is 333 g/mol. The summed E-state index contributed by atoms with van der Waals surface area (Å²) in [6.45, 7) is 0. The molecule has 0 radical (unpaired) electrons. The number of methoxy groups -OCH3 is 2. The van der Waals surface area contributed by atoms with Gasteiger partial charge < -0.3 is 14.8 Å². The van der Waals surface area contributed by atoms with E-state index in [1.54, 1.807) is 19.2 Å². The highest BCUT2D eigenvalue weighted by molar-refractivity contribution is 7.80. The number of hydrogen-bond acceptors (Lipinski definition) is 4. The van der Waals surface area contributed by atoms with Gasteiger partial charge in [0.2, 0.25) is 0 Å². The summed E-state index contributed by atoms with van der Waals surface area (Å²) in [6, 6.07) is 11.9. The topological polar surface area (TPSA) is 54.9 Å². The van der Waals surface area contributed by atoms with Gasteiger partial charge >= 0.3 is 0 Å². The highest BCUT2D eigenvalue weighted by atomic mass is 32.1. The Morgan fingerprint density at radius 1 is 1.17 bits per heavy atom. The SMILES string of the molecule is COc1cccc(NC(=S)N/N=C\c2ccc(OC)c(F)c2)c1. The smallest absolute Gasteiger partial charge is 0.191 e. The maximum Gasteiger partial charge on any atom is 0.191 e. The van der Waals surface area contributed by atoms with Crippen LogP contribution in [0.3, 0.4) is 0 Å². The van der Waals surface area contributed by atoms with E-state index in [0.717, 1.165) is 11.4 Å². The number of halogens is 1. The Kier molecular flexibility index (Phi) is 5.87. The minimum Gasteiger partial charge on any atom is -0.497 e. The Morgan fingerprint density at radius 3 is 2.70 bits per heavy atom. The molecule has 2 rings (SSSR count). The molecule has 0 aliphatic rings. The third-order valence-electron chi connectivity index (χ3n) is 2.88. The largest absolute Gasteiger partial charge is 0.497 e. The molecule has 5 nitrogen and oxygen atoms in total. The summed E-state index contributed by atoms with van der Waals surface area (Å²) < 4.78 is 23.5. The zero-order valence-electron chi connectivity index (χ0n) is 12.7. The van der Waals surface area contributed by atoms with E-state index in [9.17, 15) is 4.39 Å². The second-order valence-corrected chi connectivity index (χ2v) is 4.86. The van der Waals surface area contributed by atoms with Crippen LogP contribution < -0.4 is 20.2 Å².